The third-order valence-electron chi connectivity index (χ3n) is 10.6. The van der Waals surface area contributed by atoms with E-state index in [4.69, 9.17) is 18.9 Å². The molecule has 1 aromatic carbocycles. The maximum Gasteiger partial charge on any atom is 0.298 e. The van der Waals surface area contributed by atoms with Gasteiger partial charge in [0, 0.05) is 29.4 Å². The van der Waals surface area contributed by atoms with Crippen molar-refractivity contribution in [3.05, 3.63) is 57.9 Å². The molecule has 1 saturated heterocycles. The molecule has 0 radical (unpaired) electrons. The van der Waals surface area contributed by atoms with Gasteiger partial charge in [-0.05, 0) is 106 Å². The number of phenolic OH excluding ortho intramolecular Hbond substituents is 1. The van der Waals surface area contributed by atoms with Gasteiger partial charge in [0.1, 0.15) is 34.2 Å². The molecule has 0 aromatic heterocycles. The monoisotopic (exact) mass is 646 g/mol. The van der Waals surface area contributed by atoms with Crippen molar-refractivity contribution in [1.82, 2.24) is 0 Å². The number of rotatable bonds is 10. The molecule has 2 fully saturated rings. The summed E-state index contributed by atoms with van der Waals surface area (Å²) in [6.07, 6.45) is 11.8. The van der Waals surface area contributed by atoms with Crippen molar-refractivity contribution >= 4 is 24.1 Å². The lowest BCUT2D eigenvalue weighted by molar-refractivity contribution is -0.171. The number of ketones is 2. The lowest BCUT2D eigenvalue weighted by atomic mass is 9.51. The third kappa shape index (κ3) is 5.00. The van der Waals surface area contributed by atoms with Crippen LogP contribution in [0.1, 0.15) is 109 Å². The Balaban J connectivity index is 1.55. The molecule has 252 valence electrons. The molecule has 1 saturated carbocycles. The van der Waals surface area contributed by atoms with Crippen LogP contribution in [-0.2, 0) is 25.5 Å². The Kier molecular flexibility index (Phi) is 7.72. The summed E-state index contributed by atoms with van der Waals surface area (Å²) in [7, 11) is 0. The van der Waals surface area contributed by atoms with E-state index in [-0.39, 0.29) is 35.2 Å². The largest absolute Gasteiger partial charge is 0.506 e. The highest BCUT2D eigenvalue weighted by atomic mass is 16.6. The van der Waals surface area contributed by atoms with Gasteiger partial charge in [0.25, 0.3) is 6.47 Å². The predicted octanol–water partition coefficient (Wildman–Crippen LogP) is 6.48. The molecule has 2 unspecified atom stereocenters. The first-order chi connectivity index (χ1) is 21.9. The van der Waals surface area contributed by atoms with E-state index in [0.717, 1.165) is 5.57 Å². The van der Waals surface area contributed by atoms with Gasteiger partial charge in [-0.3, -0.25) is 14.4 Å². The maximum absolute atomic E-state index is 14.7. The normalized spacial score (nSPS) is 31.3. The van der Waals surface area contributed by atoms with Crippen molar-refractivity contribution in [3.63, 3.8) is 0 Å². The van der Waals surface area contributed by atoms with Crippen LogP contribution < -0.4 is 9.47 Å². The van der Waals surface area contributed by atoms with Crippen LogP contribution in [0.2, 0.25) is 0 Å². The zero-order valence-electron chi connectivity index (χ0n) is 28.6. The van der Waals surface area contributed by atoms with Crippen LogP contribution in [0.15, 0.2) is 41.2 Å². The van der Waals surface area contributed by atoms with Gasteiger partial charge >= 0.3 is 0 Å². The average molecular weight is 647 g/mol. The quantitative estimate of drug-likeness (QED) is 0.167. The van der Waals surface area contributed by atoms with Gasteiger partial charge in [0.2, 0.25) is 0 Å². The maximum atomic E-state index is 14.7. The number of allylic oxidation sites excluding steroid dienone is 4. The summed E-state index contributed by atoms with van der Waals surface area (Å²) in [5.41, 5.74) is -3.01. The summed E-state index contributed by atoms with van der Waals surface area (Å²) in [5.74, 6) is -0.798. The molecule has 4 bridgehead atoms. The highest BCUT2D eigenvalue weighted by molar-refractivity contribution is 6.19. The molecule has 3 heterocycles. The highest BCUT2D eigenvalue weighted by Gasteiger charge is 2.81. The van der Waals surface area contributed by atoms with Crippen molar-refractivity contribution in [2.45, 2.75) is 122 Å². The van der Waals surface area contributed by atoms with Crippen LogP contribution in [0.4, 0.5) is 0 Å². The van der Waals surface area contributed by atoms with Gasteiger partial charge in [0.05, 0.1) is 16.8 Å². The molecule has 7 rings (SSSR count). The molecule has 47 heavy (non-hydrogen) atoms. The molecule has 1 aromatic rings. The van der Waals surface area contributed by atoms with Crippen molar-refractivity contribution in [2.24, 2.45) is 11.8 Å². The summed E-state index contributed by atoms with van der Waals surface area (Å²) < 4.78 is 25.7. The van der Waals surface area contributed by atoms with Gasteiger partial charge in [0.15, 0.2) is 22.8 Å². The van der Waals surface area contributed by atoms with Gasteiger partial charge in [-0.25, -0.2) is 0 Å². The van der Waals surface area contributed by atoms with E-state index in [9.17, 15) is 24.6 Å². The van der Waals surface area contributed by atoms with Crippen LogP contribution in [0.3, 0.4) is 0 Å². The number of aliphatic hydroxyl groups is 1. The van der Waals surface area contributed by atoms with Gasteiger partial charge in [-0.2, -0.15) is 0 Å². The van der Waals surface area contributed by atoms with Gasteiger partial charge in [-0.15, -0.1) is 0 Å². The van der Waals surface area contributed by atoms with Crippen molar-refractivity contribution in [3.8, 4) is 17.2 Å². The Morgan fingerprint density at radius 3 is 2.49 bits per heavy atom. The minimum absolute atomic E-state index is 0.0284. The number of hydrogen-bond donors (Lipinski definition) is 2. The SMILES string of the molecule is CC(C)=CCc1c2c(c(O)c3c1O[C@]14C(=CC5CC1C(C)(C)O[C@]4(C/C=C(/C)OC=O)C5=O)C3=O)C=C[C@@](C)(CCCC(C)(C)O)O2. The number of fused-ring (bicyclic) bond motifs is 2. The number of carbonyl (C=O) groups is 3. The van der Waals surface area contributed by atoms with E-state index >= 15 is 0 Å². The second kappa shape index (κ2) is 10.9. The first-order valence-electron chi connectivity index (χ1n) is 16.5. The van der Waals surface area contributed by atoms with Crippen molar-refractivity contribution in [1.29, 1.82) is 0 Å². The van der Waals surface area contributed by atoms with Crippen LogP contribution in [-0.4, -0.2) is 56.3 Å². The minimum atomic E-state index is -1.57. The number of carbonyl (C=O) groups excluding carboxylic acids is 3. The second-order valence-electron chi connectivity index (χ2n) is 15.4. The molecule has 3 aliphatic heterocycles. The number of ether oxygens (including phenoxy) is 4. The summed E-state index contributed by atoms with van der Waals surface area (Å²) in [4.78, 5) is 40.2. The Morgan fingerprint density at radius 2 is 1.83 bits per heavy atom. The lowest BCUT2D eigenvalue weighted by Crippen LogP contribution is -2.72. The Bertz CT molecular complexity index is 1680. The van der Waals surface area contributed by atoms with E-state index in [1.54, 1.807) is 32.9 Å². The van der Waals surface area contributed by atoms with Crippen LogP contribution in [0.25, 0.3) is 6.08 Å². The average Bonchev–Trinajstić information content (AvgIpc) is 3.12. The Labute approximate surface area is 276 Å². The molecule has 1 spiro atoms. The number of hydrogen-bond acceptors (Lipinski definition) is 9. The smallest absolute Gasteiger partial charge is 0.298 e. The van der Waals surface area contributed by atoms with E-state index in [1.807, 2.05) is 52.8 Å². The fraction of sp³-hybridized carbons (Fsp3) is 0.553. The first-order valence-corrected chi connectivity index (χ1v) is 16.5. The molecule has 3 aliphatic carbocycles. The van der Waals surface area contributed by atoms with Gasteiger partial charge < -0.3 is 29.2 Å². The van der Waals surface area contributed by atoms with E-state index < -0.39 is 39.7 Å². The fourth-order valence-electron chi connectivity index (χ4n) is 8.42. The number of benzene rings is 1. The first kappa shape index (κ1) is 33.2. The number of aromatic hydroxyl groups is 1. The topological polar surface area (TPSA) is 129 Å². The lowest BCUT2D eigenvalue weighted by Gasteiger charge is -2.56. The predicted molar refractivity (Wildman–Crippen MR) is 175 cm³/mol. The number of Topliss-reactive ketones (excluding diaryl/α,β-unsaturated/α-hetero) is 2. The van der Waals surface area contributed by atoms with Crippen molar-refractivity contribution in [2.75, 3.05) is 0 Å². The zero-order valence-corrected chi connectivity index (χ0v) is 28.6. The molecular weight excluding hydrogens is 600 g/mol. The molecule has 2 N–H and O–H groups in total. The molecule has 6 aliphatic rings. The number of phenols is 1. The fourth-order valence-corrected chi connectivity index (χ4v) is 8.42. The van der Waals surface area contributed by atoms with Crippen LogP contribution in [0, 0.1) is 11.8 Å². The Hall–Kier alpha value is -3.69. The van der Waals surface area contributed by atoms with E-state index in [1.165, 1.54) is 0 Å². The molecule has 9 heteroatoms. The summed E-state index contributed by atoms with van der Waals surface area (Å²) in [5, 5.41) is 22.1. The van der Waals surface area contributed by atoms with Crippen LogP contribution in [0.5, 0.6) is 17.2 Å². The van der Waals surface area contributed by atoms with Crippen molar-refractivity contribution < 1.29 is 43.5 Å². The highest BCUT2D eigenvalue weighted by Crippen LogP contribution is 2.68. The van der Waals surface area contributed by atoms with E-state index in [2.05, 4.69) is 0 Å². The summed E-state index contributed by atoms with van der Waals surface area (Å²) >= 11 is 0. The standard InChI is InChI=1S/C38H46O9/c1-21(2)10-11-25-31-24(13-16-36(8,45-31)15-9-14-34(4,5)43)29(40)28-30(41)26-18-23-19-27-35(6,7)47-37(33(23)42,17-12-22(3)44-20-39)38(26,27)46-32(25)28/h10,12-13,16,18,20,23,27,40,43H,9,11,14-15,17,19H2,1-8H3/b22-12-/t23?,27?,36-,37-,38-/m1/s1. The minimum Gasteiger partial charge on any atom is -0.506 e. The van der Waals surface area contributed by atoms with Gasteiger partial charge in [-0.1, -0.05) is 17.7 Å². The Morgan fingerprint density at radius 1 is 1.11 bits per heavy atom. The summed E-state index contributed by atoms with van der Waals surface area (Å²) in [6.45, 7) is 15.3. The molecule has 0 amide bonds. The van der Waals surface area contributed by atoms with Crippen LogP contribution >= 0.6 is 0 Å². The van der Waals surface area contributed by atoms with E-state index in [0.29, 0.717) is 66.8 Å². The molecular formula is C38H46O9. The third-order valence-corrected chi connectivity index (χ3v) is 10.6. The summed E-state index contributed by atoms with van der Waals surface area (Å²) in [6, 6.07) is 0. The molecule has 9 nitrogen and oxygen atoms in total. The zero-order chi connectivity index (χ0) is 34.3. The molecule has 5 atom stereocenters. The second-order valence-corrected chi connectivity index (χ2v) is 15.4.